The molecule has 164 valence electrons. The fraction of sp³-hybridized carbons (Fsp3) is 0.200. The molecule has 0 spiro atoms. The molecule has 0 aliphatic carbocycles. The Morgan fingerprint density at radius 1 is 1.26 bits per heavy atom. The normalized spacial score (nSPS) is 12.7. The average Bonchev–Trinajstić information content (AvgIpc) is 3.33. The number of rotatable bonds is 7. The molecule has 0 saturated heterocycles. The summed E-state index contributed by atoms with van der Waals surface area (Å²) in [6.45, 7) is 1.43. The van der Waals surface area contributed by atoms with Crippen molar-refractivity contribution < 1.29 is 26.1 Å². The molecule has 11 heteroatoms. The summed E-state index contributed by atoms with van der Waals surface area (Å²) >= 11 is 1.10. The van der Waals surface area contributed by atoms with Gasteiger partial charge < -0.3 is 9.84 Å². The van der Waals surface area contributed by atoms with Gasteiger partial charge in [0, 0.05) is 17.2 Å². The van der Waals surface area contributed by atoms with E-state index in [9.17, 15) is 21.6 Å². The molecule has 6 nitrogen and oxygen atoms in total. The molecular formula is C20H18F3N3O3S2. The second kappa shape index (κ2) is 8.67. The number of nitrogens with zero attached hydrogens (tertiary/aromatic N) is 1. The van der Waals surface area contributed by atoms with E-state index >= 15 is 0 Å². The zero-order chi connectivity index (χ0) is 22.8. The Balaban J connectivity index is 1.83. The van der Waals surface area contributed by atoms with Crippen LogP contribution in [0, 0.1) is 12.3 Å². The molecule has 0 amide bonds. The van der Waals surface area contributed by atoms with Crippen molar-refractivity contribution in [3.8, 4) is 10.4 Å². The molecular weight excluding hydrogens is 451 g/mol. The van der Waals surface area contributed by atoms with Gasteiger partial charge >= 0.3 is 6.18 Å². The second-order valence-electron chi connectivity index (χ2n) is 6.72. The lowest BCUT2D eigenvalue weighted by Gasteiger charge is -2.13. The van der Waals surface area contributed by atoms with E-state index in [2.05, 4.69) is 10.5 Å². The molecule has 0 radical (unpaired) electrons. The first-order valence-corrected chi connectivity index (χ1v) is 11.6. The Kier molecular flexibility index (Phi) is 6.37. The van der Waals surface area contributed by atoms with Crippen molar-refractivity contribution in [2.45, 2.75) is 24.5 Å². The third-order valence-corrected chi connectivity index (χ3v) is 6.43. The summed E-state index contributed by atoms with van der Waals surface area (Å²) in [5.41, 5.74) is -0.492. The molecule has 0 bridgehead atoms. The fourth-order valence-corrected chi connectivity index (χ4v) is 4.24. The Bertz CT molecular complexity index is 1240. The Labute approximate surface area is 180 Å². The number of nitrogens with one attached hydrogen (secondary N) is 2. The molecule has 31 heavy (non-hydrogen) atoms. The number of sulfone groups is 1. The average molecular weight is 470 g/mol. The lowest BCUT2D eigenvalue weighted by atomic mass is 10.2. The van der Waals surface area contributed by atoms with Gasteiger partial charge in [-0.2, -0.15) is 13.2 Å². The quantitative estimate of drug-likeness (QED) is 0.488. The predicted octanol–water partition coefficient (Wildman–Crippen LogP) is 4.72. The Hall–Kier alpha value is -2.92. The first-order chi connectivity index (χ1) is 14.4. The first-order valence-electron chi connectivity index (χ1n) is 8.88. The van der Waals surface area contributed by atoms with Crippen LogP contribution in [-0.2, 0) is 16.4 Å². The molecule has 2 aromatic heterocycles. The molecule has 1 aromatic carbocycles. The minimum Gasteiger partial charge on any atom is -0.375 e. The van der Waals surface area contributed by atoms with E-state index in [1.165, 1.54) is 24.3 Å². The molecule has 0 fully saturated rings. The Morgan fingerprint density at radius 3 is 2.61 bits per heavy atom. The van der Waals surface area contributed by atoms with Gasteiger partial charge in [-0.3, -0.25) is 5.41 Å². The standard InChI is InChI=1S/C20H18F3N3O3S2/c1-12-8-14(26-29-12)11-25-19(20(21,22)23)10-16(24)18-7-6-17(30-18)13-4-3-5-15(9-13)31(2,27)28/h3-10,24-25H,11H2,1-2H3/b19-10-,24-16?. The van der Waals surface area contributed by atoms with E-state index in [0.717, 1.165) is 23.7 Å². The fourth-order valence-electron chi connectivity index (χ4n) is 2.65. The predicted molar refractivity (Wildman–Crippen MR) is 112 cm³/mol. The summed E-state index contributed by atoms with van der Waals surface area (Å²) in [5.74, 6) is 0.480. The van der Waals surface area contributed by atoms with E-state index in [4.69, 9.17) is 9.93 Å². The summed E-state index contributed by atoms with van der Waals surface area (Å²) in [6, 6.07) is 10.9. The number of hydrogen-bond acceptors (Lipinski definition) is 7. The third kappa shape index (κ3) is 5.82. The number of hydrogen-bond donors (Lipinski definition) is 2. The molecule has 3 aromatic rings. The molecule has 0 atom stereocenters. The van der Waals surface area contributed by atoms with Crippen molar-refractivity contribution in [3.63, 3.8) is 0 Å². The highest BCUT2D eigenvalue weighted by atomic mass is 32.2. The summed E-state index contributed by atoms with van der Waals surface area (Å²) in [4.78, 5) is 1.08. The Morgan fingerprint density at radius 2 is 2.00 bits per heavy atom. The van der Waals surface area contributed by atoms with Gasteiger partial charge in [-0.25, -0.2) is 8.42 Å². The number of halogens is 3. The maximum atomic E-state index is 13.4. The summed E-state index contributed by atoms with van der Waals surface area (Å²) < 4.78 is 68.6. The van der Waals surface area contributed by atoms with Crippen LogP contribution in [0.5, 0.6) is 0 Å². The van der Waals surface area contributed by atoms with E-state index in [1.807, 2.05) is 0 Å². The van der Waals surface area contributed by atoms with Gasteiger partial charge in [0.15, 0.2) is 9.84 Å². The van der Waals surface area contributed by atoms with Crippen LogP contribution in [0.4, 0.5) is 13.2 Å². The van der Waals surface area contributed by atoms with E-state index < -0.39 is 21.7 Å². The molecule has 0 aliphatic heterocycles. The second-order valence-corrected chi connectivity index (χ2v) is 9.82. The van der Waals surface area contributed by atoms with Crippen molar-refractivity contribution in [1.29, 1.82) is 5.41 Å². The van der Waals surface area contributed by atoms with E-state index in [1.54, 1.807) is 25.1 Å². The molecule has 2 N–H and O–H groups in total. The van der Waals surface area contributed by atoms with Crippen LogP contribution in [0.15, 0.2) is 63.7 Å². The molecule has 0 aliphatic rings. The van der Waals surface area contributed by atoms with Crippen LogP contribution in [-0.4, -0.2) is 31.7 Å². The highest BCUT2D eigenvalue weighted by molar-refractivity contribution is 7.90. The van der Waals surface area contributed by atoms with Gasteiger partial charge in [0.25, 0.3) is 0 Å². The monoisotopic (exact) mass is 469 g/mol. The highest BCUT2D eigenvalue weighted by Gasteiger charge is 2.34. The molecule has 0 saturated carbocycles. The smallest absolute Gasteiger partial charge is 0.375 e. The highest BCUT2D eigenvalue weighted by Crippen LogP contribution is 2.31. The van der Waals surface area contributed by atoms with Crippen molar-refractivity contribution in [2.75, 3.05) is 6.26 Å². The third-order valence-electron chi connectivity index (χ3n) is 4.15. The molecule has 0 unspecified atom stereocenters. The van der Waals surface area contributed by atoms with Gasteiger partial charge in [-0.15, -0.1) is 11.3 Å². The van der Waals surface area contributed by atoms with E-state index in [-0.39, 0.29) is 17.2 Å². The van der Waals surface area contributed by atoms with E-state index in [0.29, 0.717) is 26.8 Å². The SMILES string of the molecule is Cc1cc(CN/C(=C\C(=N)c2ccc(-c3cccc(S(C)(=O)=O)c3)s2)C(F)(F)F)no1. The minimum atomic E-state index is -4.69. The molecule has 2 heterocycles. The maximum absolute atomic E-state index is 13.4. The van der Waals surface area contributed by atoms with Crippen molar-refractivity contribution in [1.82, 2.24) is 10.5 Å². The number of alkyl halides is 3. The number of allylic oxidation sites excluding steroid dienone is 2. The topological polar surface area (TPSA) is 96.1 Å². The maximum Gasteiger partial charge on any atom is 0.430 e. The molecule has 3 rings (SSSR count). The van der Waals surface area contributed by atoms with Gasteiger partial charge in [0.05, 0.1) is 22.0 Å². The lowest BCUT2D eigenvalue weighted by Crippen LogP contribution is -2.27. The van der Waals surface area contributed by atoms with Crippen molar-refractivity contribution in [3.05, 3.63) is 70.6 Å². The van der Waals surface area contributed by atoms with Crippen LogP contribution < -0.4 is 5.32 Å². The van der Waals surface area contributed by atoms with Crippen LogP contribution in [0.2, 0.25) is 0 Å². The number of aryl methyl sites for hydroxylation is 1. The van der Waals surface area contributed by atoms with Crippen LogP contribution >= 0.6 is 11.3 Å². The van der Waals surface area contributed by atoms with Crippen LogP contribution in [0.25, 0.3) is 10.4 Å². The summed E-state index contributed by atoms with van der Waals surface area (Å²) in [5, 5.41) is 14.0. The summed E-state index contributed by atoms with van der Waals surface area (Å²) in [7, 11) is -3.40. The van der Waals surface area contributed by atoms with Crippen molar-refractivity contribution >= 4 is 26.9 Å². The van der Waals surface area contributed by atoms with Crippen molar-refractivity contribution in [2.24, 2.45) is 0 Å². The first kappa shape index (κ1) is 22.8. The largest absolute Gasteiger partial charge is 0.430 e. The zero-order valence-corrected chi connectivity index (χ0v) is 18.1. The lowest BCUT2D eigenvalue weighted by molar-refractivity contribution is -0.0968. The van der Waals surface area contributed by atoms with Gasteiger partial charge in [0.2, 0.25) is 0 Å². The number of aromatic nitrogens is 1. The zero-order valence-electron chi connectivity index (χ0n) is 16.4. The number of thiophene rings is 1. The number of benzene rings is 1. The van der Waals surface area contributed by atoms with Crippen LogP contribution in [0.1, 0.15) is 16.3 Å². The van der Waals surface area contributed by atoms with Gasteiger partial charge in [-0.05, 0) is 42.8 Å². The van der Waals surface area contributed by atoms with Gasteiger partial charge in [0.1, 0.15) is 17.2 Å². The van der Waals surface area contributed by atoms with Crippen LogP contribution in [0.3, 0.4) is 0 Å². The minimum absolute atomic E-state index is 0.140. The summed E-state index contributed by atoms with van der Waals surface area (Å²) in [6.07, 6.45) is -2.87. The van der Waals surface area contributed by atoms with Gasteiger partial charge in [-0.1, -0.05) is 17.3 Å².